The maximum absolute atomic E-state index is 12.2. The summed E-state index contributed by atoms with van der Waals surface area (Å²) in [6.07, 6.45) is 0.841. The lowest BCUT2D eigenvalue weighted by atomic mass is 10.1. The molecule has 1 aromatic heterocycles. The van der Waals surface area contributed by atoms with Crippen LogP contribution in [0.2, 0.25) is 0 Å². The van der Waals surface area contributed by atoms with Crippen LogP contribution >= 0.6 is 0 Å². The molecule has 0 bridgehead atoms. The standard InChI is InChI=1S/C20H26N4O2/c1-6-16-11-17(23-13(2)22-16)14-7-9-15(10-8-14)19(26)21-12-18(25)24-20(3,4)5/h7-11H,6,12H2,1-5H3,(H,21,26)(H,24,25). The van der Waals surface area contributed by atoms with E-state index in [4.69, 9.17) is 0 Å². The first-order valence-electron chi connectivity index (χ1n) is 8.72. The highest BCUT2D eigenvalue weighted by molar-refractivity contribution is 5.96. The second kappa shape index (κ2) is 8.08. The molecule has 0 saturated heterocycles. The number of aryl methyl sites for hydroxylation is 2. The second-order valence-electron chi connectivity index (χ2n) is 7.20. The van der Waals surface area contributed by atoms with E-state index >= 15 is 0 Å². The van der Waals surface area contributed by atoms with Gasteiger partial charge in [0.15, 0.2) is 0 Å². The lowest BCUT2D eigenvalue weighted by Crippen LogP contribution is -2.45. The highest BCUT2D eigenvalue weighted by Crippen LogP contribution is 2.19. The normalized spacial score (nSPS) is 11.1. The van der Waals surface area contributed by atoms with Crippen molar-refractivity contribution in [2.45, 2.75) is 46.6 Å². The van der Waals surface area contributed by atoms with Gasteiger partial charge in [0.1, 0.15) is 5.82 Å². The number of hydrogen-bond acceptors (Lipinski definition) is 4. The van der Waals surface area contributed by atoms with Crippen molar-refractivity contribution >= 4 is 11.8 Å². The summed E-state index contributed by atoms with van der Waals surface area (Å²) >= 11 is 0. The molecule has 0 atom stereocenters. The summed E-state index contributed by atoms with van der Waals surface area (Å²) in [4.78, 5) is 32.8. The van der Waals surface area contributed by atoms with Gasteiger partial charge in [0, 0.05) is 22.4 Å². The van der Waals surface area contributed by atoms with Crippen LogP contribution in [0.4, 0.5) is 0 Å². The highest BCUT2D eigenvalue weighted by Gasteiger charge is 2.15. The minimum atomic E-state index is -0.323. The topological polar surface area (TPSA) is 84.0 Å². The zero-order chi connectivity index (χ0) is 19.3. The van der Waals surface area contributed by atoms with Crippen molar-refractivity contribution in [3.8, 4) is 11.3 Å². The molecule has 138 valence electrons. The summed E-state index contributed by atoms with van der Waals surface area (Å²) in [5, 5.41) is 5.44. The second-order valence-corrected chi connectivity index (χ2v) is 7.20. The monoisotopic (exact) mass is 354 g/mol. The Morgan fingerprint density at radius 3 is 2.31 bits per heavy atom. The van der Waals surface area contributed by atoms with Crippen LogP contribution in [0.3, 0.4) is 0 Å². The molecule has 0 fully saturated rings. The van der Waals surface area contributed by atoms with Crippen LogP contribution in [0.25, 0.3) is 11.3 Å². The first kappa shape index (κ1) is 19.6. The van der Waals surface area contributed by atoms with Crippen LogP contribution in [0, 0.1) is 6.92 Å². The van der Waals surface area contributed by atoms with Crippen molar-refractivity contribution in [1.82, 2.24) is 20.6 Å². The molecule has 26 heavy (non-hydrogen) atoms. The number of carbonyl (C=O) groups is 2. The van der Waals surface area contributed by atoms with E-state index in [9.17, 15) is 9.59 Å². The molecule has 0 unspecified atom stereocenters. The van der Waals surface area contributed by atoms with E-state index in [2.05, 4.69) is 27.5 Å². The first-order chi connectivity index (χ1) is 12.2. The van der Waals surface area contributed by atoms with E-state index < -0.39 is 0 Å². The van der Waals surface area contributed by atoms with Crippen molar-refractivity contribution < 1.29 is 9.59 Å². The van der Waals surface area contributed by atoms with Gasteiger partial charge < -0.3 is 10.6 Å². The van der Waals surface area contributed by atoms with Gasteiger partial charge in [-0.1, -0.05) is 19.1 Å². The summed E-state index contributed by atoms with van der Waals surface area (Å²) in [7, 11) is 0. The fourth-order valence-corrected chi connectivity index (χ4v) is 2.48. The molecule has 0 saturated carbocycles. The fourth-order valence-electron chi connectivity index (χ4n) is 2.48. The van der Waals surface area contributed by atoms with Gasteiger partial charge in [-0.3, -0.25) is 9.59 Å². The van der Waals surface area contributed by atoms with Gasteiger partial charge in [0.25, 0.3) is 5.91 Å². The summed E-state index contributed by atoms with van der Waals surface area (Å²) in [6, 6.07) is 9.13. The number of nitrogens with one attached hydrogen (secondary N) is 2. The smallest absolute Gasteiger partial charge is 0.251 e. The number of hydrogen-bond donors (Lipinski definition) is 2. The summed E-state index contributed by atoms with van der Waals surface area (Å²) in [5.74, 6) is 0.228. The Labute approximate surface area is 154 Å². The molecule has 1 aromatic carbocycles. The van der Waals surface area contributed by atoms with Gasteiger partial charge in [-0.15, -0.1) is 0 Å². The molecule has 0 spiro atoms. The van der Waals surface area contributed by atoms with Crippen LogP contribution in [0.1, 0.15) is 49.6 Å². The van der Waals surface area contributed by atoms with Gasteiger partial charge in [-0.25, -0.2) is 9.97 Å². The molecular formula is C20H26N4O2. The molecule has 0 aliphatic heterocycles. The third kappa shape index (κ3) is 5.65. The number of amides is 2. The molecule has 0 aliphatic carbocycles. The van der Waals surface area contributed by atoms with Crippen LogP contribution in [0.15, 0.2) is 30.3 Å². The van der Waals surface area contributed by atoms with Crippen LogP contribution in [0.5, 0.6) is 0 Å². The van der Waals surface area contributed by atoms with Gasteiger partial charge in [0.2, 0.25) is 5.91 Å². The van der Waals surface area contributed by atoms with Gasteiger partial charge in [-0.2, -0.15) is 0 Å². The van der Waals surface area contributed by atoms with Crippen LogP contribution in [-0.2, 0) is 11.2 Å². The predicted molar refractivity (Wildman–Crippen MR) is 102 cm³/mol. The molecule has 1 heterocycles. The zero-order valence-corrected chi connectivity index (χ0v) is 16.0. The van der Waals surface area contributed by atoms with Crippen LogP contribution in [-0.4, -0.2) is 33.9 Å². The van der Waals surface area contributed by atoms with Gasteiger partial charge in [0.05, 0.1) is 12.2 Å². The molecule has 2 aromatic rings. The molecule has 2 N–H and O–H groups in total. The third-order valence-electron chi connectivity index (χ3n) is 3.62. The molecule has 2 amide bonds. The summed E-state index contributed by atoms with van der Waals surface area (Å²) in [5.41, 5.74) is 2.92. The first-order valence-corrected chi connectivity index (χ1v) is 8.72. The quantitative estimate of drug-likeness (QED) is 0.864. The SMILES string of the molecule is CCc1cc(-c2ccc(C(=O)NCC(=O)NC(C)(C)C)cc2)nc(C)n1. The van der Waals surface area contributed by atoms with Gasteiger partial charge in [-0.05, 0) is 52.3 Å². The Hall–Kier alpha value is -2.76. The third-order valence-corrected chi connectivity index (χ3v) is 3.62. The van der Waals surface area contributed by atoms with Gasteiger partial charge >= 0.3 is 0 Å². The summed E-state index contributed by atoms with van der Waals surface area (Å²) in [6.45, 7) is 9.55. The zero-order valence-electron chi connectivity index (χ0n) is 16.0. The van der Waals surface area contributed by atoms with E-state index in [0.29, 0.717) is 5.56 Å². The Morgan fingerprint density at radius 2 is 1.73 bits per heavy atom. The number of benzene rings is 1. The lowest BCUT2D eigenvalue weighted by molar-refractivity contribution is -0.121. The van der Waals surface area contributed by atoms with E-state index in [1.807, 2.05) is 45.9 Å². The predicted octanol–water partition coefficient (Wildman–Crippen LogP) is 2.66. The van der Waals surface area contributed by atoms with Crippen molar-refractivity contribution in [3.63, 3.8) is 0 Å². The Bertz CT molecular complexity index is 792. The number of nitrogens with zero attached hydrogens (tertiary/aromatic N) is 2. The number of rotatable bonds is 5. The maximum Gasteiger partial charge on any atom is 0.251 e. The largest absolute Gasteiger partial charge is 0.350 e. The van der Waals surface area contributed by atoms with Crippen LogP contribution < -0.4 is 10.6 Å². The molecule has 0 aliphatic rings. The molecule has 6 nitrogen and oxygen atoms in total. The minimum absolute atomic E-state index is 0.0528. The minimum Gasteiger partial charge on any atom is -0.350 e. The van der Waals surface area contributed by atoms with E-state index in [1.54, 1.807) is 12.1 Å². The summed E-state index contributed by atoms with van der Waals surface area (Å²) < 4.78 is 0. The highest BCUT2D eigenvalue weighted by atomic mass is 16.2. The molecule has 0 radical (unpaired) electrons. The van der Waals surface area contributed by atoms with Crippen molar-refractivity contribution in [2.75, 3.05) is 6.54 Å². The Balaban J connectivity index is 2.04. The van der Waals surface area contributed by atoms with E-state index in [1.165, 1.54) is 0 Å². The van der Waals surface area contributed by atoms with Crippen molar-refractivity contribution in [2.24, 2.45) is 0 Å². The fraction of sp³-hybridized carbons (Fsp3) is 0.400. The molecule has 2 rings (SSSR count). The Kier molecular flexibility index (Phi) is 6.08. The van der Waals surface area contributed by atoms with E-state index in [-0.39, 0.29) is 23.9 Å². The van der Waals surface area contributed by atoms with Crippen molar-refractivity contribution in [3.05, 3.63) is 47.4 Å². The number of carbonyl (C=O) groups excluding carboxylic acids is 2. The molecule has 6 heteroatoms. The lowest BCUT2D eigenvalue weighted by Gasteiger charge is -2.20. The average molecular weight is 354 g/mol. The average Bonchev–Trinajstić information content (AvgIpc) is 2.57. The number of aromatic nitrogens is 2. The van der Waals surface area contributed by atoms with E-state index in [0.717, 1.165) is 29.2 Å². The van der Waals surface area contributed by atoms with Crippen molar-refractivity contribution in [1.29, 1.82) is 0 Å². The maximum atomic E-state index is 12.2. The Morgan fingerprint density at radius 1 is 1.08 bits per heavy atom. The molecular weight excluding hydrogens is 328 g/mol.